The molecule has 2 atom stereocenters. The molecule has 1 aliphatic heterocycles. The van der Waals surface area contributed by atoms with Crippen molar-refractivity contribution in [2.75, 3.05) is 19.7 Å². The second-order valence-electron chi connectivity index (χ2n) is 8.01. The molecule has 0 bridgehead atoms. The molecule has 3 aromatic rings. The van der Waals surface area contributed by atoms with Crippen LogP contribution in [0.4, 0.5) is 17.6 Å². The summed E-state index contributed by atoms with van der Waals surface area (Å²) in [4.78, 5) is 38.2. The molecule has 208 valence electrons. The van der Waals surface area contributed by atoms with Gasteiger partial charge in [0.2, 0.25) is 0 Å². The summed E-state index contributed by atoms with van der Waals surface area (Å²) in [5.74, 6) is -1.42. The lowest BCUT2D eigenvalue weighted by molar-refractivity contribution is -0.192. The fraction of sp³-hybridized carbons (Fsp3) is 0.333. The Balaban J connectivity index is 0.000000532. The van der Waals surface area contributed by atoms with Gasteiger partial charge in [-0.1, -0.05) is 0 Å². The van der Waals surface area contributed by atoms with Crippen LogP contribution in [0.15, 0.2) is 49.2 Å². The van der Waals surface area contributed by atoms with Gasteiger partial charge in [0, 0.05) is 55.9 Å². The van der Waals surface area contributed by atoms with E-state index in [4.69, 9.17) is 19.4 Å². The Labute approximate surface area is 219 Å². The minimum absolute atomic E-state index is 0.267. The van der Waals surface area contributed by atoms with Gasteiger partial charge < -0.3 is 25.2 Å². The average Bonchev–Trinajstić information content (AvgIpc) is 2.90. The lowest BCUT2D eigenvalue weighted by Gasteiger charge is -2.26. The second-order valence-corrected chi connectivity index (χ2v) is 8.01. The molecule has 11 nitrogen and oxygen atoms in total. The monoisotopic (exact) mass is 552 g/mol. The van der Waals surface area contributed by atoms with Crippen molar-refractivity contribution in [1.29, 1.82) is 0 Å². The van der Waals surface area contributed by atoms with Crippen molar-refractivity contribution in [2.45, 2.75) is 31.7 Å². The minimum Gasteiger partial charge on any atom is -0.488 e. The number of rotatable bonds is 7. The summed E-state index contributed by atoms with van der Waals surface area (Å²) in [5, 5.41) is 12.9. The topological polar surface area (TPSA) is 148 Å². The normalized spacial score (nSPS) is 16.8. The maximum Gasteiger partial charge on any atom is 0.490 e. The number of nitrogens with one attached hydrogen (secondary N) is 2. The summed E-state index contributed by atoms with van der Waals surface area (Å²) >= 11 is 0. The number of ether oxygens (including phenoxy) is 2. The van der Waals surface area contributed by atoms with Gasteiger partial charge in [-0.05, 0) is 25.1 Å². The maximum absolute atomic E-state index is 13.5. The molecule has 39 heavy (non-hydrogen) atoms. The molecule has 4 heterocycles. The number of hydrogen-bond donors (Lipinski definition) is 3. The van der Waals surface area contributed by atoms with Crippen LogP contribution in [-0.2, 0) is 4.79 Å². The van der Waals surface area contributed by atoms with Crippen molar-refractivity contribution in [1.82, 2.24) is 30.6 Å². The SMILES string of the molecule is CCOc1cccnc1Oc1cncc(-c2ncc(C(=O)N[C@H]3CNC[C@@H](F)C3)cn2)c1.O=C(O)C(F)(F)F. The highest BCUT2D eigenvalue weighted by molar-refractivity contribution is 5.93. The molecular formula is C24H24F4N6O5. The first-order valence-corrected chi connectivity index (χ1v) is 11.6. The third kappa shape index (κ3) is 8.84. The number of aromatic nitrogens is 4. The van der Waals surface area contributed by atoms with E-state index in [-0.39, 0.29) is 18.4 Å². The smallest absolute Gasteiger partial charge is 0.488 e. The van der Waals surface area contributed by atoms with E-state index in [9.17, 15) is 22.4 Å². The number of nitrogens with zero attached hydrogens (tertiary/aromatic N) is 4. The zero-order valence-corrected chi connectivity index (χ0v) is 20.5. The van der Waals surface area contributed by atoms with Gasteiger partial charge in [-0.3, -0.25) is 9.78 Å². The molecule has 0 spiro atoms. The molecule has 1 amide bonds. The highest BCUT2D eigenvalue weighted by atomic mass is 19.4. The molecule has 0 radical (unpaired) electrons. The molecule has 3 aromatic heterocycles. The summed E-state index contributed by atoms with van der Waals surface area (Å²) in [6.45, 7) is 3.21. The van der Waals surface area contributed by atoms with E-state index in [1.165, 1.54) is 12.4 Å². The quantitative estimate of drug-likeness (QED) is 0.373. The zero-order chi connectivity index (χ0) is 28.4. The van der Waals surface area contributed by atoms with Crippen LogP contribution < -0.4 is 20.1 Å². The van der Waals surface area contributed by atoms with Crippen molar-refractivity contribution in [3.63, 3.8) is 0 Å². The predicted octanol–water partition coefficient (Wildman–Crippen LogP) is 3.19. The number of aliphatic carboxylic acids is 1. The zero-order valence-electron chi connectivity index (χ0n) is 20.5. The minimum atomic E-state index is -5.08. The molecule has 0 unspecified atom stereocenters. The van der Waals surface area contributed by atoms with Crippen LogP contribution in [-0.4, -0.2) is 75.0 Å². The van der Waals surface area contributed by atoms with E-state index in [1.807, 2.05) is 6.92 Å². The molecule has 1 saturated heterocycles. The third-order valence-electron chi connectivity index (χ3n) is 5.01. The number of carboxylic acid groups (broad SMARTS) is 1. The number of piperidine rings is 1. The van der Waals surface area contributed by atoms with E-state index >= 15 is 0 Å². The molecule has 15 heteroatoms. The Morgan fingerprint density at radius 3 is 2.51 bits per heavy atom. The van der Waals surface area contributed by atoms with Crippen molar-refractivity contribution in [3.05, 3.63) is 54.7 Å². The molecule has 1 fully saturated rings. The predicted molar refractivity (Wildman–Crippen MR) is 128 cm³/mol. The van der Waals surface area contributed by atoms with Gasteiger partial charge in [0.25, 0.3) is 11.8 Å². The van der Waals surface area contributed by atoms with Gasteiger partial charge in [-0.15, -0.1) is 0 Å². The highest BCUT2D eigenvalue weighted by Gasteiger charge is 2.38. The van der Waals surface area contributed by atoms with Crippen LogP contribution in [0.5, 0.6) is 17.4 Å². The molecule has 0 aliphatic carbocycles. The number of halogens is 4. The van der Waals surface area contributed by atoms with E-state index in [2.05, 4.69) is 30.6 Å². The summed E-state index contributed by atoms with van der Waals surface area (Å²) in [6, 6.07) is 4.99. The van der Waals surface area contributed by atoms with Crippen molar-refractivity contribution >= 4 is 11.9 Å². The van der Waals surface area contributed by atoms with Crippen LogP contribution in [0, 0.1) is 0 Å². The first-order chi connectivity index (χ1) is 18.6. The Bertz CT molecular complexity index is 1260. The number of carbonyl (C=O) groups excluding carboxylic acids is 1. The second kappa shape index (κ2) is 13.4. The number of amides is 1. The average molecular weight is 552 g/mol. The molecule has 0 saturated carbocycles. The van der Waals surface area contributed by atoms with Crippen molar-refractivity contribution < 1.29 is 41.7 Å². The third-order valence-corrected chi connectivity index (χ3v) is 5.01. The van der Waals surface area contributed by atoms with Gasteiger partial charge in [-0.2, -0.15) is 13.2 Å². The van der Waals surface area contributed by atoms with Gasteiger partial charge >= 0.3 is 12.1 Å². The molecule has 0 aromatic carbocycles. The number of alkyl halides is 4. The molecule has 3 N–H and O–H groups in total. The Morgan fingerprint density at radius 2 is 1.87 bits per heavy atom. The fourth-order valence-electron chi connectivity index (χ4n) is 3.29. The Hall–Kier alpha value is -4.40. The lowest BCUT2D eigenvalue weighted by atomic mass is 10.1. The van der Waals surface area contributed by atoms with Gasteiger partial charge in [-0.25, -0.2) is 24.1 Å². The van der Waals surface area contributed by atoms with Crippen LogP contribution in [0.2, 0.25) is 0 Å². The number of pyridine rings is 2. The molecule has 1 aliphatic rings. The fourth-order valence-corrected chi connectivity index (χ4v) is 3.29. The van der Waals surface area contributed by atoms with Crippen molar-refractivity contribution in [3.8, 4) is 28.8 Å². The Kier molecular flexibility index (Phi) is 10.0. The van der Waals surface area contributed by atoms with Gasteiger partial charge in [0.1, 0.15) is 11.9 Å². The largest absolute Gasteiger partial charge is 0.490 e. The van der Waals surface area contributed by atoms with E-state index < -0.39 is 18.3 Å². The van der Waals surface area contributed by atoms with Crippen LogP contribution in [0.1, 0.15) is 23.7 Å². The molecular weight excluding hydrogens is 528 g/mol. The lowest BCUT2D eigenvalue weighted by Crippen LogP contribution is -2.49. The van der Waals surface area contributed by atoms with Crippen molar-refractivity contribution in [2.24, 2.45) is 0 Å². The number of carboxylic acids is 1. The molecule has 4 rings (SSSR count). The summed E-state index contributed by atoms with van der Waals surface area (Å²) in [7, 11) is 0. The van der Waals surface area contributed by atoms with E-state index in [0.29, 0.717) is 54.0 Å². The highest BCUT2D eigenvalue weighted by Crippen LogP contribution is 2.30. The summed E-state index contributed by atoms with van der Waals surface area (Å²) in [6.07, 6.45) is 1.85. The number of carbonyl (C=O) groups is 2. The number of hydrogen-bond acceptors (Lipinski definition) is 9. The summed E-state index contributed by atoms with van der Waals surface area (Å²) in [5.41, 5.74) is 0.907. The standard InChI is InChI=1S/C22H23FN6O3.C2HF3O2/c1-2-31-19-4-3-5-26-22(19)32-18-6-14(8-24-13-18)20-27-9-15(10-28-20)21(30)29-17-7-16(23)11-25-12-17;3-2(4,5)1(6)7/h3-6,8-10,13,16-17,25H,2,7,11-12H2,1H3,(H,29,30);(H,6,7)/t16-,17+;/m0./s1. The Morgan fingerprint density at radius 1 is 1.15 bits per heavy atom. The van der Waals surface area contributed by atoms with E-state index in [0.717, 1.165) is 0 Å². The maximum atomic E-state index is 13.5. The van der Waals surface area contributed by atoms with Crippen LogP contribution in [0.3, 0.4) is 0 Å². The van der Waals surface area contributed by atoms with Gasteiger partial charge in [0.15, 0.2) is 11.6 Å². The first kappa shape index (κ1) is 29.2. The van der Waals surface area contributed by atoms with E-state index in [1.54, 1.807) is 36.8 Å². The summed E-state index contributed by atoms with van der Waals surface area (Å²) < 4.78 is 56.6. The van der Waals surface area contributed by atoms with Crippen LogP contribution in [0.25, 0.3) is 11.4 Å². The van der Waals surface area contributed by atoms with Gasteiger partial charge in [0.05, 0.1) is 18.4 Å². The van der Waals surface area contributed by atoms with Crippen LogP contribution >= 0.6 is 0 Å². The first-order valence-electron chi connectivity index (χ1n) is 11.6.